The SMILES string of the molecule is CCOc1ccc(N2C(=O)C[C@H](N3CCN(c4ccc(C(=O)c5cccs5)cc4)CC3)C2=O)cc1. The van der Waals surface area contributed by atoms with Crippen molar-refractivity contribution in [2.75, 3.05) is 42.6 Å². The molecular formula is C27H27N3O4S. The van der Waals surface area contributed by atoms with Gasteiger partial charge in [0.2, 0.25) is 11.7 Å². The number of hydrogen-bond donors (Lipinski definition) is 0. The molecule has 0 saturated carbocycles. The quantitative estimate of drug-likeness (QED) is 0.371. The van der Waals surface area contributed by atoms with Crippen LogP contribution in [0, 0.1) is 0 Å². The molecule has 7 nitrogen and oxygen atoms in total. The molecule has 2 aliphatic rings. The minimum Gasteiger partial charge on any atom is -0.494 e. The summed E-state index contributed by atoms with van der Waals surface area (Å²) in [7, 11) is 0. The van der Waals surface area contributed by atoms with Gasteiger partial charge in [0.1, 0.15) is 5.75 Å². The van der Waals surface area contributed by atoms with Crippen LogP contribution in [0.3, 0.4) is 0 Å². The monoisotopic (exact) mass is 489 g/mol. The van der Waals surface area contributed by atoms with E-state index < -0.39 is 6.04 Å². The average Bonchev–Trinajstić information content (AvgIpc) is 3.53. The number of thiophene rings is 1. The number of amides is 2. The van der Waals surface area contributed by atoms with Crippen molar-refractivity contribution >= 4 is 40.3 Å². The van der Waals surface area contributed by atoms with E-state index in [0.717, 1.165) is 23.7 Å². The van der Waals surface area contributed by atoms with Crippen molar-refractivity contribution in [1.29, 1.82) is 0 Å². The standard InChI is InChI=1S/C27H27N3O4S/c1-2-34-22-11-9-21(10-12-22)30-25(31)18-23(27(30)33)29-15-13-28(14-16-29)20-7-5-19(6-8-20)26(32)24-4-3-17-35-24/h3-12,17,23H,2,13-16,18H2,1H3/t23-/m0/s1. The van der Waals surface area contributed by atoms with Crippen molar-refractivity contribution < 1.29 is 19.1 Å². The Hall–Kier alpha value is -3.49. The van der Waals surface area contributed by atoms with Crippen LogP contribution >= 0.6 is 11.3 Å². The molecule has 3 heterocycles. The maximum atomic E-state index is 13.2. The Balaban J connectivity index is 1.20. The Kier molecular flexibility index (Phi) is 6.66. The number of rotatable bonds is 7. The molecule has 0 bridgehead atoms. The molecule has 3 aromatic rings. The molecule has 2 fully saturated rings. The van der Waals surface area contributed by atoms with E-state index in [4.69, 9.17) is 4.74 Å². The Morgan fingerprint density at radius 2 is 1.63 bits per heavy atom. The maximum absolute atomic E-state index is 13.2. The lowest BCUT2D eigenvalue weighted by atomic mass is 10.1. The third-order valence-corrected chi connectivity index (χ3v) is 7.39. The van der Waals surface area contributed by atoms with Gasteiger partial charge in [-0.25, -0.2) is 4.90 Å². The van der Waals surface area contributed by atoms with Crippen LogP contribution in [-0.2, 0) is 9.59 Å². The first-order chi connectivity index (χ1) is 17.0. The molecule has 8 heteroatoms. The summed E-state index contributed by atoms with van der Waals surface area (Å²) in [6.45, 7) is 5.35. The fourth-order valence-electron chi connectivity index (χ4n) is 4.70. The highest BCUT2D eigenvalue weighted by Gasteiger charge is 2.43. The largest absolute Gasteiger partial charge is 0.494 e. The van der Waals surface area contributed by atoms with Crippen molar-refractivity contribution in [1.82, 2.24) is 4.90 Å². The van der Waals surface area contributed by atoms with Gasteiger partial charge in [0.25, 0.3) is 5.91 Å². The van der Waals surface area contributed by atoms with Crippen molar-refractivity contribution in [3.8, 4) is 5.75 Å². The van der Waals surface area contributed by atoms with Crippen LogP contribution < -0.4 is 14.5 Å². The highest BCUT2D eigenvalue weighted by molar-refractivity contribution is 7.12. The van der Waals surface area contributed by atoms with Crippen LogP contribution in [0.5, 0.6) is 5.75 Å². The molecule has 0 aliphatic carbocycles. The summed E-state index contributed by atoms with van der Waals surface area (Å²) in [5.74, 6) is 0.423. The number of benzene rings is 2. The summed E-state index contributed by atoms with van der Waals surface area (Å²) in [6.07, 6.45) is 0.200. The molecule has 0 radical (unpaired) electrons. The van der Waals surface area contributed by atoms with Crippen LogP contribution in [0.2, 0.25) is 0 Å². The van der Waals surface area contributed by atoms with E-state index in [9.17, 15) is 14.4 Å². The van der Waals surface area contributed by atoms with Crippen LogP contribution in [0.25, 0.3) is 0 Å². The normalized spacial score (nSPS) is 18.8. The van der Waals surface area contributed by atoms with Crippen molar-refractivity contribution in [3.63, 3.8) is 0 Å². The van der Waals surface area contributed by atoms with E-state index in [2.05, 4.69) is 9.80 Å². The lowest BCUT2D eigenvalue weighted by molar-refractivity contribution is -0.123. The Morgan fingerprint density at radius 1 is 0.943 bits per heavy atom. The number of hydrogen-bond acceptors (Lipinski definition) is 7. The zero-order valence-corrected chi connectivity index (χ0v) is 20.4. The zero-order chi connectivity index (χ0) is 24.4. The molecule has 1 atom stereocenters. The molecule has 180 valence electrons. The fourth-order valence-corrected chi connectivity index (χ4v) is 5.38. The van der Waals surface area contributed by atoms with E-state index >= 15 is 0 Å². The first-order valence-electron chi connectivity index (χ1n) is 11.8. The molecule has 5 rings (SSSR count). The molecule has 35 heavy (non-hydrogen) atoms. The van der Waals surface area contributed by atoms with Gasteiger partial charge >= 0.3 is 0 Å². The number of anilines is 2. The number of imide groups is 1. The molecular weight excluding hydrogens is 462 g/mol. The van der Waals surface area contributed by atoms with Crippen LogP contribution in [0.4, 0.5) is 11.4 Å². The van der Waals surface area contributed by atoms with Crippen LogP contribution in [0.15, 0.2) is 66.0 Å². The van der Waals surface area contributed by atoms with E-state index in [1.54, 1.807) is 24.3 Å². The van der Waals surface area contributed by atoms with E-state index in [1.165, 1.54) is 16.2 Å². The average molecular weight is 490 g/mol. The minimum absolute atomic E-state index is 0.0397. The third kappa shape index (κ3) is 4.72. The Morgan fingerprint density at radius 3 is 2.26 bits per heavy atom. The van der Waals surface area contributed by atoms with Gasteiger partial charge in [0.15, 0.2) is 0 Å². The lowest BCUT2D eigenvalue weighted by Crippen LogP contribution is -2.52. The van der Waals surface area contributed by atoms with Crippen LogP contribution in [0.1, 0.15) is 28.6 Å². The van der Waals surface area contributed by atoms with Gasteiger partial charge < -0.3 is 9.64 Å². The molecule has 2 aliphatic heterocycles. The Labute approximate surface area is 208 Å². The van der Waals surface area contributed by atoms with Crippen molar-refractivity contribution in [3.05, 3.63) is 76.5 Å². The number of piperazine rings is 1. The third-order valence-electron chi connectivity index (χ3n) is 6.52. The first kappa shape index (κ1) is 23.3. The summed E-state index contributed by atoms with van der Waals surface area (Å²) in [6, 6.07) is 18.1. The number of carbonyl (C=O) groups excluding carboxylic acids is 3. The Bertz CT molecular complexity index is 1200. The van der Waals surface area contributed by atoms with E-state index in [0.29, 0.717) is 36.7 Å². The summed E-state index contributed by atoms with van der Waals surface area (Å²) >= 11 is 1.45. The van der Waals surface area contributed by atoms with Gasteiger partial charge in [-0.1, -0.05) is 6.07 Å². The van der Waals surface area contributed by atoms with Crippen LogP contribution in [-0.4, -0.2) is 61.3 Å². The summed E-state index contributed by atoms with van der Waals surface area (Å²) in [5, 5.41) is 1.90. The highest BCUT2D eigenvalue weighted by Crippen LogP contribution is 2.29. The smallest absolute Gasteiger partial charge is 0.251 e. The van der Waals surface area contributed by atoms with Gasteiger partial charge in [-0.3, -0.25) is 19.3 Å². The molecule has 2 amide bonds. The summed E-state index contributed by atoms with van der Waals surface area (Å²) in [5.41, 5.74) is 2.32. The molecule has 2 aromatic carbocycles. The second-order valence-corrected chi connectivity index (χ2v) is 9.54. The molecule has 0 N–H and O–H groups in total. The van der Waals surface area contributed by atoms with Gasteiger partial charge in [-0.15, -0.1) is 11.3 Å². The van der Waals surface area contributed by atoms with E-state index in [1.807, 2.05) is 48.7 Å². The predicted octanol–water partition coefficient (Wildman–Crippen LogP) is 3.83. The minimum atomic E-state index is -0.429. The number of ether oxygens (including phenoxy) is 1. The van der Waals surface area contributed by atoms with E-state index in [-0.39, 0.29) is 24.0 Å². The van der Waals surface area contributed by atoms with Gasteiger partial charge in [-0.2, -0.15) is 0 Å². The first-order valence-corrected chi connectivity index (χ1v) is 12.7. The highest BCUT2D eigenvalue weighted by atomic mass is 32.1. The predicted molar refractivity (Wildman–Crippen MR) is 136 cm³/mol. The lowest BCUT2D eigenvalue weighted by Gasteiger charge is -2.38. The second kappa shape index (κ2) is 10.0. The second-order valence-electron chi connectivity index (χ2n) is 8.59. The summed E-state index contributed by atoms with van der Waals surface area (Å²) < 4.78 is 5.46. The molecule has 1 aromatic heterocycles. The number of carbonyl (C=O) groups is 3. The number of nitrogens with zero attached hydrogens (tertiary/aromatic N) is 3. The van der Waals surface area contributed by atoms with Gasteiger partial charge in [0, 0.05) is 37.4 Å². The molecule has 2 saturated heterocycles. The fraction of sp³-hybridized carbons (Fsp3) is 0.296. The van der Waals surface area contributed by atoms with Crippen molar-refractivity contribution in [2.45, 2.75) is 19.4 Å². The van der Waals surface area contributed by atoms with Gasteiger partial charge in [0.05, 0.1) is 29.6 Å². The number of ketones is 1. The molecule has 0 spiro atoms. The zero-order valence-electron chi connectivity index (χ0n) is 19.6. The van der Waals surface area contributed by atoms with Gasteiger partial charge in [-0.05, 0) is 66.9 Å². The van der Waals surface area contributed by atoms with Crippen molar-refractivity contribution in [2.24, 2.45) is 0 Å². The topological polar surface area (TPSA) is 70.2 Å². The maximum Gasteiger partial charge on any atom is 0.251 e. The summed E-state index contributed by atoms with van der Waals surface area (Å²) in [4.78, 5) is 44.8. The molecule has 0 unspecified atom stereocenters.